The molecule has 0 aromatic heterocycles. The van der Waals surface area contributed by atoms with Crippen LogP contribution >= 0.6 is 0 Å². The van der Waals surface area contributed by atoms with Crippen molar-refractivity contribution in [1.82, 2.24) is 5.48 Å². The summed E-state index contributed by atoms with van der Waals surface area (Å²) < 4.78 is 13.2. The molecule has 0 unspecified atom stereocenters. The fourth-order valence-electron chi connectivity index (χ4n) is 1.78. The van der Waals surface area contributed by atoms with Crippen molar-refractivity contribution in [2.24, 2.45) is 5.92 Å². The van der Waals surface area contributed by atoms with Crippen molar-refractivity contribution in [3.8, 4) is 5.75 Å². The highest BCUT2D eigenvalue weighted by molar-refractivity contribution is 5.86. The molecule has 1 aromatic carbocycles. The van der Waals surface area contributed by atoms with Gasteiger partial charge in [0.15, 0.2) is 11.6 Å². The summed E-state index contributed by atoms with van der Waals surface area (Å²) in [5, 5.41) is 27.4. The number of hydroxylamine groups is 1. The van der Waals surface area contributed by atoms with Crippen molar-refractivity contribution in [2.45, 2.75) is 25.9 Å². The van der Waals surface area contributed by atoms with Gasteiger partial charge in [-0.3, -0.25) is 10.0 Å². The van der Waals surface area contributed by atoms with Crippen LogP contribution in [0.4, 0.5) is 4.39 Å². The number of hydrogen-bond acceptors (Lipinski definition) is 4. The molecule has 0 aliphatic heterocycles. The van der Waals surface area contributed by atoms with Crippen LogP contribution in [0.2, 0.25) is 0 Å². The van der Waals surface area contributed by atoms with Crippen molar-refractivity contribution in [3.63, 3.8) is 0 Å². The van der Waals surface area contributed by atoms with Gasteiger partial charge in [0.25, 0.3) is 5.91 Å². The van der Waals surface area contributed by atoms with E-state index in [0.717, 1.165) is 6.07 Å². The first-order chi connectivity index (χ1) is 9.45. The van der Waals surface area contributed by atoms with E-state index < -0.39 is 23.6 Å². The Labute approximate surface area is 116 Å². The second kappa shape index (κ2) is 7.62. The minimum Gasteiger partial charge on any atom is -0.505 e. The Balaban J connectivity index is 2.54. The number of rotatable bonds is 6. The Morgan fingerprint density at radius 3 is 2.80 bits per heavy atom. The molecule has 0 fully saturated rings. The number of allylic oxidation sites excluding steroid dienone is 1. The van der Waals surface area contributed by atoms with E-state index in [2.05, 4.69) is 0 Å². The van der Waals surface area contributed by atoms with Gasteiger partial charge in [0.05, 0.1) is 6.10 Å². The first-order valence-corrected chi connectivity index (χ1v) is 6.22. The number of amides is 1. The molecule has 0 saturated carbocycles. The van der Waals surface area contributed by atoms with E-state index in [-0.39, 0.29) is 5.92 Å². The van der Waals surface area contributed by atoms with Crippen LogP contribution in [-0.4, -0.2) is 21.3 Å². The number of aromatic hydroxyl groups is 1. The van der Waals surface area contributed by atoms with E-state index >= 15 is 0 Å². The summed E-state index contributed by atoms with van der Waals surface area (Å²) in [5.74, 6) is -1.99. The smallest absolute Gasteiger partial charge is 0.267 e. The van der Waals surface area contributed by atoms with Gasteiger partial charge < -0.3 is 10.2 Å². The molecule has 1 aromatic rings. The van der Waals surface area contributed by atoms with Gasteiger partial charge in [-0.1, -0.05) is 19.1 Å². The molecule has 0 heterocycles. The third-order valence-electron chi connectivity index (χ3n) is 3.02. The SMILES string of the molecule is C[C@@H](CC/C=C/C(=O)NO)[C@H](O)c1ccc(O)c(F)c1. The Morgan fingerprint density at radius 1 is 1.50 bits per heavy atom. The summed E-state index contributed by atoms with van der Waals surface area (Å²) in [4.78, 5) is 10.7. The fraction of sp³-hybridized carbons (Fsp3) is 0.357. The first-order valence-electron chi connectivity index (χ1n) is 6.22. The number of halogens is 1. The van der Waals surface area contributed by atoms with Gasteiger partial charge in [0, 0.05) is 6.08 Å². The van der Waals surface area contributed by atoms with Crippen LogP contribution in [0.1, 0.15) is 31.4 Å². The molecule has 0 spiro atoms. The van der Waals surface area contributed by atoms with Gasteiger partial charge in [-0.2, -0.15) is 0 Å². The lowest BCUT2D eigenvalue weighted by atomic mass is 9.93. The molecule has 1 amide bonds. The largest absolute Gasteiger partial charge is 0.505 e. The minimum atomic E-state index is -0.856. The predicted molar refractivity (Wildman–Crippen MR) is 70.5 cm³/mol. The standard InChI is InChI=1S/C14H18FNO4/c1-9(4-2-3-5-13(18)16-20)14(19)10-6-7-12(17)11(15)8-10/h3,5-9,14,17,19-20H,2,4H2,1H3,(H,16,18)/b5-3+/t9-,14-/m0/s1. The average Bonchev–Trinajstić information content (AvgIpc) is 2.45. The molecule has 0 radical (unpaired) electrons. The van der Waals surface area contributed by atoms with E-state index in [4.69, 9.17) is 10.3 Å². The van der Waals surface area contributed by atoms with Gasteiger partial charge in [-0.25, -0.2) is 9.87 Å². The molecule has 110 valence electrons. The maximum absolute atomic E-state index is 13.2. The van der Waals surface area contributed by atoms with Crippen LogP contribution in [0.15, 0.2) is 30.4 Å². The molecule has 4 N–H and O–H groups in total. The Morgan fingerprint density at radius 2 is 2.20 bits per heavy atom. The Bertz CT molecular complexity index is 490. The third kappa shape index (κ3) is 4.64. The maximum Gasteiger partial charge on any atom is 0.267 e. The number of carbonyl (C=O) groups is 1. The van der Waals surface area contributed by atoms with Crippen LogP contribution < -0.4 is 5.48 Å². The molecule has 0 saturated heterocycles. The monoisotopic (exact) mass is 283 g/mol. The number of nitrogens with one attached hydrogen (secondary N) is 1. The molecule has 5 nitrogen and oxygen atoms in total. The van der Waals surface area contributed by atoms with E-state index in [0.29, 0.717) is 18.4 Å². The lowest BCUT2D eigenvalue weighted by Crippen LogP contribution is -2.15. The highest BCUT2D eigenvalue weighted by Crippen LogP contribution is 2.28. The first kappa shape index (κ1) is 16.1. The van der Waals surface area contributed by atoms with Crippen LogP contribution in [0.25, 0.3) is 0 Å². The number of benzene rings is 1. The van der Waals surface area contributed by atoms with Gasteiger partial charge >= 0.3 is 0 Å². The van der Waals surface area contributed by atoms with Gasteiger partial charge in [0.2, 0.25) is 0 Å². The zero-order valence-electron chi connectivity index (χ0n) is 11.1. The van der Waals surface area contributed by atoms with E-state index in [1.807, 2.05) is 0 Å². The van der Waals surface area contributed by atoms with Gasteiger partial charge in [-0.05, 0) is 36.5 Å². The molecule has 0 aliphatic rings. The van der Waals surface area contributed by atoms with Crippen LogP contribution in [-0.2, 0) is 4.79 Å². The molecule has 1 rings (SSSR count). The topological polar surface area (TPSA) is 89.8 Å². The zero-order chi connectivity index (χ0) is 15.1. The maximum atomic E-state index is 13.2. The highest BCUT2D eigenvalue weighted by atomic mass is 19.1. The molecule has 20 heavy (non-hydrogen) atoms. The molecule has 2 atom stereocenters. The number of aliphatic hydroxyl groups excluding tert-OH is 1. The third-order valence-corrected chi connectivity index (χ3v) is 3.02. The Hall–Kier alpha value is -1.92. The summed E-state index contributed by atoms with van der Waals surface area (Å²) in [6, 6.07) is 3.77. The molecular formula is C14H18FNO4. The second-order valence-corrected chi connectivity index (χ2v) is 4.59. The molecular weight excluding hydrogens is 265 g/mol. The normalized spacial score (nSPS) is 14.2. The van der Waals surface area contributed by atoms with Crippen molar-refractivity contribution in [3.05, 3.63) is 41.7 Å². The van der Waals surface area contributed by atoms with Crippen molar-refractivity contribution in [2.75, 3.05) is 0 Å². The van der Waals surface area contributed by atoms with E-state index in [9.17, 15) is 14.3 Å². The summed E-state index contributed by atoms with van der Waals surface area (Å²) >= 11 is 0. The lowest BCUT2D eigenvalue weighted by molar-refractivity contribution is -0.124. The van der Waals surface area contributed by atoms with Crippen LogP contribution in [0.5, 0.6) is 5.75 Å². The number of aliphatic hydroxyl groups is 1. The highest BCUT2D eigenvalue weighted by Gasteiger charge is 2.17. The quantitative estimate of drug-likeness (QED) is 0.365. The summed E-state index contributed by atoms with van der Waals surface area (Å²) in [6.45, 7) is 1.80. The molecule has 0 bridgehead atoms. The zero-order valence-corrected chi connectivity index (χ0v) is 11.1. The number of carbonyl (C=O) groups excluding carboxylic acids is 1. The van der Waals surface area contributed by atoms with Gasteiger partial charge in [-0.15, -0.1) is 0 Å². The Kier molecular flexibility index (Phi) is 6.14. The van der Waals surface area contributed by atoms with Crippen molar-refractivity contribution < 1.29 is 24.6 Å². The minimum absolute atomic E-state index is 0.152. The molecule has 6 heteroatoms. The van der Waals surface area contributed by atoms with E-state index in [1.165, 1.54) is 23.7 Å². The van der Waals surface area contributed by atoms with Crippen LogP contribution in [0.3, 0.4) is 0 Å². The van der Waals surface area contributed by atoms with E-state index in [1.54, 1.807) is 13.0 Å². The summed E-state index contributed by atoms with van der Waals surface area (Å²) in [6.07, 6.45) is 3.03. The second-order valence-electron chi connectivity index (χ2n) is 4.59. The fourth-order valence-corrected chi connectivity index (χ4v) is 1.78. The van der Waals surface area contributed by atoms with Crippen molar-refractivity contribution in [1.29, 1.82) is 0 Å². The summed E-state index contributed by atoms with van der Waals surface area (Å²) in [7, 11) is 0. The average molecular weight is 283 g/mol. The predicted octanol–water partition coefficient (Wildman–Crippen LogP) is 2.04. The lowest BCUT2D eigenvalue weighted by Gasteiger charge is -2.18. The van der Waals surface area contributed by atoms with Crippen LogP contribution in [0, 0.1) is 11.7 Å². The van der Waals surface area contributed by atoms with Crippen molar-refractivity contribution >= 4 is 5.91 Å². The number of hydrogen-bond donors (Lipinski definition) is 4. The number of phenols is 1. The number of phenolic OH excluding ortho intramolecular Hbond substituents is 1. The van der Waals surface area contributed by atoms with Gasteiger partial charge in [0.1, 0.15) is 0 Å². The molecule has 0 aliphatic carbocycles. The summed E-state index contributed by atoms with van der Waals surface area (Å²) in [5.41, 5.74) is 1.87.